The molecule has 1 N–H and O–H groups in total. The van der Waals surface area contributed by atoms with Crippen LogP contribution in [0.1, 0.15) is 39.5 Å². The molecule has 4 heteroatoms. The Kier molecular flexibility index (Phi) is 8.03. The fraction of sp³-hybridized carbons (Fsp3) is 1.00. The second kappa shape index (κ2) is 8.98. The molecule has 0 spiro atoms. The van der Waals surface area contributed by atoms with Crippen LogP contribution in [0, 0.1) is 11.3 Å². The number of hydrogen-bond acceptors (Lipinski definition) is 4. The van der Waals surface area contributed by atoms with Gasteiger partial charge in [0.25, 0.3) is 0 Å². The van der Waals surface area contributed by atoms with Gasteiger partial charge < -0.3 is 14.6 Å². The number of aliphatic hydroxyl groups is 1. The van der Waals surface area contributed by atoms with Crippen molar-refractivity contribution in [3.8, 4) is 0 Å². The molecule has 0 aromatic heterocycles. The maximum atomic E-state index is 9.92. The van der Waals surface area contributed by atoms with Gasteiger partial charge in [-0.25, -0.2) is 0 Å². The van der Waals surface area contributed by atoms with E-state index in [4.69, 9.17) is 9.47 Å². The highest BCUT2D eigenvalue weighted by molar-refractivity contribution is 4.88. The highest BCUT2D eigenvalue weighted by Gasteiger charge is 2.36. The van der Waals surface area contributed by atoms with Gasteiger partial charge in [0.2, 0.25) is 0 Å². The van der Waals surface area contributed by atoms with Gasteiger partial charge in [-0.05, 0) is 25.7 Å². The summed E-state index contributed by atoms with van der Waals surface area (Å²) in [5, 5.41) is 9.92. The summed E-state index contributed by atoms with van der Waals surface area (Å²) in [7, 11) is 3.48. The molecule has 0 saturated heterocycles. The SMILES string of the molecule is COCCN(CC1(CO)CCC(C)CC1)C(C)COC. The van der Waals surface area contributed by atoms with Crippen LogP contribution in [0.5, 0.6) is 0 Å². The van der Waals surface area contributed by atoms with Crippen LogP contribution in [0.25, 0.3) is 0 Å². The maximum Gasteiger partial charge on any atom is 0.0615 e. The predicted octanol–water partition coefficient (Wildman–Crippen LogP) is 2.16. The van der Waals surface area contributed by atoms with Crippen LogP contribution in [-0.2, 0) is 9.47 Å². The van der Waals surface area contributed by atoms with Gasteiger partial charge in [0.15, 0.2) is 0 Å². The van der Waals surface area contributed by atoms with E-state index in [0.29, 0.717) is 12.6 Å². The Bertz CT molecular complexity index is 252. The van der Waals surface area contributed by atoms with Crippen LogP contribution >= 0.6 is 0 Å². The lowest BCUT2D eigenvalue weighted by molar-refractivity contribution is -0.00434. The first-order valence-electron chi connectivity index (χ1n) is 7.89. The molecule has 1 aliphatic rings. The molecule has 0 aliphatic heterocycles. The fourth-order valence-corrected chi connectivity index (χ4v) is 3.18. The largest absolute Gasteiger partial charge is 0.396 e. The number of rotatable bonds is 9. The summed E-state index contributed by atoms with van der Waals surface area (Å²) in [4.78, 5) is 2.42. The third-order valence-corrected chi connectivity index (χ3v) is 4.82. The van der Waals surface area contributed by atoms with Crippen molar-refractivity contribution >= 4 is 0 Å². The Balaban J connectivity index is 2.64. The lowest BCUT2D eigenvalue weighted by Crippen LogP contribution is -2.48. The average Bonchev–Trinajstić information content (AvgIpc) is 2.46. The zero-order valence-electron chi connectivity index (χ0n) is 13.7. The summed E-state index contributed by atoms with van der Waals surface area (Å²) in [6.07, 6.45) is 4.73. The highest BCUT2D eigenvalue weighted by atomic mass is 16.5. The molecule has 0 amide bonds. The molecule has 1 unspecified atom stereocenters. The van der Waals surface area contributed by atoms with Crippen molar-refractivity contribution in [1.82, 2.24) is 4.90 Å². The van der Waals surface area contributed by atoms with Gasteiger partial charge >= 0.3 is 0 Å². The molecular formula is C16H33NO3. The molecule has 20 heavy (non-hydrogen) atoms. The molecule has 120 valence electrons. The number of aliphatic hydroxyl groups excluding tert-OH is 1. The molecule has 1 saturated carbocycles. The number of ether oxygens (including phenoxy) is 2. The summed E-state index contributed by atoms with van der Waals surface area (Å²) < 4.78 is 10.5. The van der Waals surface area contributed by atoms with Crippen LogP contribution in [0.15, 0.2) is 0 Å². The van der Waals surface area contributed by atoms with Crippen LogP contribution in [0.4, 0.5) is 0 Å². The van der Waals surface area contributed by atoms with E-state index in [1.165, 1.54) is 12.8 Å². The van der Waals surface area contributed by atoms with E-state index >= 15 is 0 Å². The van der Waals surface area contributed by atoms with E-state index < -0.39 is 0 Å². The number of nitrogens with zero attached hydrogens (tertiary/aromatic N) is 1. The van der Waals surface area contributed by atoms with Crippen molar-refractivity contribution in [2.24, 2.45) is 11.3 Å². The molecule has 0 aromatic rings. The summed E-state index contributed by atoms with van der Waals surface area (Å²) >= 11 is 0. The van der Waals surface area contributed by atoms with Crippen molar-refractivity contribution in [2.75, 3.05) is 47.1 Å². The second-order valence-electron chi connectivity index (χ2n) is 6.61. The summed E-state index contributed by atoms with van der Waals surface area (Å²) in [5.74, 6) is 0.804. The van der Waals surface area contributed by atoms with E-state index in [1.54, 1.807) is 14.2 Å². The van der Waals surface area contributed by atoms with Crippen molar-refractivity contribution < 1.29 is 14.6 Å². The standard InChI is InChI=1S/C16H33NO3/c1-14-5-7-16(13-18,8-6-14)12-17(9-10-19-3)15(2)11-20-4/h14-15,18H,5-13H2,1-4H3. The second-order valence-corrected chi connectivity index (χ2v) is 6.61. The van der Waals surface area contributed by atoms with Gasteiger partial charge in [-0.15, -0.1) is 0 Å². The normalized spacial score (nSPS) is 28.8. The lowest BCUT2D eigenvalue weighted by Gasteiger charge is -2.43. The van der Waals surface area contributed by atoms with Gasteiger partial charge in [0.1, 0.15) is 0 Å². The smallest absolute Gasteiger partial charge is 0.0615 e. The van der Waals surface area contributed by atoms with Gasteiger partial charge in [-0.2, -0.15) is 0 Å². The summed E-state index contributed by atoms with van der Waals surface area (Å²) in [6.45, 7) is 8.10. The van der Waals surface area contributed by atoms with Gasteiger partial charge in [-0.1, -0.05) is 19.8 Å². The Hall–Kier alpha value is -0.160. The van der Waals surface area contributed by atoms with Crippen LogP contribution in [-0.4, -0.2) is 63.2 Å². The zero-order chi connectivity index (χ0) is 15.0. The molecular weight excluding hydrogens is 254 g/mol. The van der Waals surface area contributed by atoms with Crippen molar-refractivity contribution in [3.05, 3.63) is 0 Å². The van der Waals surface area contributed by atoms with Gasteiger partial charge in [0, 0.05) is 45.4 Å². The number of hydrogen-bond donors (Lipinski definition) is 1. The quantitative estimate of drug-likeness (QED) is 0.705. The van der Waals surface area contributed by atoms with E-state index in [2.05, 4.69) is 18.7 Å². The first kappa shape index (κ1) is 17.9. The third-order valence-electron chi connectivity index (χ3n) is 4.82. The third kappa shape index (κ3) is 5.32. The minimum atomic E-state index is 0.0717. The van der Waals surface area contributed by atoms with E-state index in [-0.39, 0.29) is 5.41 Å². The zero-order valence-corrected chi connectivity index (χ0v) is 13.7. The molecule has 1 aliphatic carbocycles. The Morgan fingerprint density at radius 3 is 2.40 bits per heavy atom. The van der Waals surface area contributed by atoms with Gasteiger partial charge in [-0.3, -0.25) is 4.90 Å². The molecule has 0 heterocycles. The Labute approximate surface area is 124 Å². The molecule has 1 atom stereocenters. The first-order chi connectivity index (χ1) is 9.56. The van der Waals surface area contributed by atoms with Crippen LogP contribution in [0.3, 0.4) is 0 Å². The monoisotopic (exact) mass is 287 g/mol. The van der Waals surface area contributed by atoms with E-state index in [9.17, 15) is 5.11 Å². The molecule has 4 nitrogen and oxygen atoms in total. The Morgan fingerprint density at radius 1 is 1.25 bits per heavy atom. The van der Waals surface area contributed by atoms with Crippen molar-refractivity contribution in [2.45, 2.75) is 45.6 Å². The summed E-state index contributed by atoms with van der Waals surface area (Å²) in [6, 6.07) is 0.359. The summed E-state index contributed by atoms with van der Waals surface area (Å²) in [5.41, 5.74) is 0.0717. The molecule has 0 aromatic carbocycles. The Morgan fingerprint density at radius 2 is 1.90 bits per heavy atom. The average molecular weight is 287 g/mol. The predicted molar refractivity (Wildman–Crippen MR) is 81.9 cm³/mol. The fourth-order valence-electron chi connectivity index (χ4n) is 3.18. The molecule has 1 fully saturated rings. The van der Waals surface area contributed by atoms with Crippen LogP contribution < -0.4 is 0 Å². The topological polar surface area (TPSA) is 41.9 Å². The van der Waals surface area contributed by atoms with E-state index in [0.717, 1.165) is 45.1 Å². The maximum absolute atomic E-state index is 9.92. The highest BCUT2D eigenvalue weighted by Crippen LogP contribution is 2.39. The van der Waals surface area contributed by atoms with Gasteiger partial charge in [0.05, 0.1) is 13.2 Å². The van der Waals surface area contributed by atoms with Crippen molar-refractivity contribution in [1.29, 1.82) is 0 Å². The van der Waals surface area contributed by atoms with E-state index in [1.807, 2.05) is 0 Å². The van der Waals surface area contributed by atoms with Crippen LogP contribution in [0.2, 0.25) is 0 Å². The minimum Gasteiger partial charge on any atom is -0.396 e. The number of methoxy groups -OCH3 is 2. The molecule has 0 bridgehead atoms. The first-order valence-corrected chi connectivity index (χ1v) is 7.89. The van der Waals surface area contributed by atoms with Crippen molar-refractivity contribution in [3.63, 3.8) is 0 Å². The lowest BCUT2D eigenvalue weighted by atomic mass is 9.71. The molecule has 1 rings (SSSR count). The minimum absolute atomic E-state index is 0.0717. The molecule has 0 radical (unpaired) electrons.